The lowest BCUT2D eigenvalue weighted by Crippen LogP contribution is -2.40. The van der Waals surface area contributed by atoms with Crippen LogP contribution in [-0.2, 0) is 14.8 Å². The van der Waals surface area contributed by atoms with E-state index in [1.54, 1.807) is 43.5 Å². The first-order valence-corrected chi connectivity index (χ1v) is 10.9. The van der Waals surface area contributed by atoms with Crippen LogP contribution in [0.15, 0.2) is 44.7 Å². The van der Waals surface area contributed by atoms with Crippen molar-refractivity contribution in [1.82, 2.24) is 4.31 Å². The van der Waals surface area contributed by atoms with Gasteiger partial charge in [0.1, 0.15) is 0 Å². The number of morpholine rings is 1. The molecule has 9 heteroatoms. The second kappa shape index (κ2) is 8.60. The second-order valence-corrected chi connectivity index (χ2v) is 9.04. The highest BCUT2D eigenvalue weighted by molar-refractivity contribution is 9.10. The summed E-state index contributed by atoms with van der Waals surface area (Å²) in [7, 11) is -2.14. The molecule has 1 aliphatic heterocycles. The van der Waals surface area contributed by atoms with Crippen molar-refractivity contribution < 1.29 is 23.0 Å². The second-order valence-electron chi connectivity index (χ2n) is 6.28. The van der Waals surface area contributed by atoms with Crippen molar-refractivity contribution in [3.05, 3.63) is 45.9 Å². The molecule has 0 amide bonds. The Bertz CT molecular complexity index is 1000. The number of phenols is 1. The van der Waals surface area contributed by atoms with Crippen molar-refractivity contribution in [3.63, 3.8) is 0 Å². The van der Waals surface area contributed by atoms with Gasteiger partial charge in [-0.05, 0) is 58.2 Å². The first-order valence-electron chi connectivity index (χ1n) is 8.62. The lowest BCUT2D eigenvalue weighted by molar-refractivity contribution is 0.0730. The number of aromatic hydroxyl groups is 1. The number of hydrogen-bond donors (Lipinski definition) is 1. The fourth-order valence-electron chi connectivity index (χ4n) is 2.85. The molecule has 0 radical (unpaired) electrons. The van der Waals surface area contributed by atoms with E-state index in [1.807, 2.05) is 0 Å². The van der Waals surface area contributed by atoms with Crippen molar-refractivity contribution in [2.24, 2.45) is 4.99 Å². The highest BCUT2D eigenvalue weighted by Gasteiger charge is 2.27. The number of methoxy groups -OCH3 is 1. The molecular formula is C19H21BrN2O5S. The largest absolute Gasteiger partial charge is 0.503 e. The fraction of sp³-hybridized carbons (Fsp3) is 0.316. The van der Waals surface area contributed by atoms with Crippen LogP contribution in [0, 0.1) is 6.92 Å². The van der Waals surface area contributed by atoms with Gasteiger partial charge in [-0.15, -0.1) is 0 Å². The summed E-state index contributed by atoms with van der Waals surface area (Å²) < 4.78 is 38.2. The predicted octanol–water partition coefficient (Wildman–Crippen LogP) is 3.24. The van der Waals surface area contributed by atoms with Gasteiger partial charge in [0.25, 0.3) is 0 Å². The van der Waals surface area contributed by atoms with Crippen molar-refractivity contribution >= 4 is 37.9 Å². The first-order chi connectivity index (χ1) is 13.3. The molecule has 1 heterocycles. The van der Waals surface area contributed by atoms with Crippen molar-refractivity contribution in [2.45, 2.75) is 11.8 Å². The van der Waals surface area contributed by atoms with Crippen LogP contribution < -0.4 is 4.74 Å². The molecule has 2 aromatic rings. The molecule has 2 aromatic carbocycles. The van der Waals surface area contributed by atoms with E-state index in [0.717, 1.165) is 0 Å². The Labute approximate surface area is 172 Å². The molecule has 150 valence electrons. The third-order valence-electron chi connectivity index (χ3n) is 4.39. The monoisotopic (exact) mass is 468 g/mol. The molecule has 0 bridgehead atoms. The van der Waals surface area contributed by atoms with Gasteiger partial charge < -0.3 is 14.6 Å². The number of benzene rings is 2. The Balaban J connectivity index is 1.91. The molecular weight excluding hydrogens is 448 g/mol. The average Bonchev–Trinajstić information content (AvgIpc) is 2.70. The topological polar surface area (TPSA) is 88.4 Å². The lowest BCUT2D eigenvalue weighted by Gasteiger charge is -2.26. The molecule has 0 atom stereocenters. The van der Waals surface area contributed by atoms with Crippen molar-refractivity contribution in [1.29, 1.82) is 0 Å². The van der Waals surface area contributed by atoms with Gasteiger partial charge in [0.2, 0.25) is 10.0 Å². The molecule has 1 fully saturated rings. The summed E-state index contributed by atoms with van der Waals surface area (Å²) in [5, 5.41) is 9.89. The Morgan fingerprint density at radius 2 is 1.96 bits per heavy atom. The van der Waals surface area contributed by atoms with Gasteiger partial charge in [0.15, 0.2) is 11.5 Å². The Kier molecular flexibility index (Phi) is 6.39. The summed E-state index contributed by atoms with van der Waals surface area (Å²) >= 11 is 3.27. The third-order valence-corrected chi connectivity index (χ3v) is 7.04. The maximum atomic E-state index is 13.0. The van der Waals surface area contributed by atoms with Crippen LogP contribution in [0.4, 0.5) is 5.69 Å². The lowest BCUT2D eigenvalue weighted by atomic mass is 10.2. The van der Waals surface area contributed by atoms with Gasteiger partial charge in [0, 0.05) is 19.3 Å². The third kappa shape index (κ3) is 4.38. The molecule has 0 spiro atoms. The van der Waals surface area contributed by atoms with Gasteiger partial charge in [-0.25, -0.2) is 8.42 Å². The van der Waals surface area contributed by atoms with E-state index in [1.165, 1.54) is 11.4 Å². The molecule has 0 aromatic heterocycles. The zero-order valence-corrected chi connectivity index (χ0v) is 18.0. The zero-order chi connectivity index (χ0) is 20.3. The number of aryl methyl sites for hydroxylation is 1. The summed E-state index contributed by atoms with van der Waals surface area (Å²) in [4.78, 5) is 4.64. The number of hydrogen-bond acceptors (Lipinski definition) is 6. The summed E-state index contributed by atoms with van der Waals surface area (Å²) in [6, 6.07) is 8.41. The Morgan fingerprint density at radius 3 is 2.64 bits per heavy atom. The molecule has 7 nitrogen and oxygen atoms in total. The van der Waals surface area contributed by atoms with Crippen LogP contribution in [0.3, 0.4) is 0 Å². The van der Waals surface area contributed by atoms with Crippen molar-refractivity contribution in [3.8, 4) is 11.5 Å². The summed E-state index contributed by atoms with van der Waals surface area (Å²) in [6.07, 6.45) is 1.59. The number of sulfonamides is 1. The van der Waals surface area contributed by atoms with E-state index in [4.69, 9.17) is 9.47 Å². The number of rotatable bonds is 5. The average molecular weight is 469 g/mol. The Morgan fingerprint density at radius 1 is 1.25 bits per heavy atom. The predicted molar refractivity (Wildman–Crippen MR) is 110 cm³/mol. The minimum atomic E-state index is -3.60. The molecule has 0 saturated carbocycles. The van der Waals surface area contributed by atoms with E-state index >= 15 is 0 Å². The Hall–Kier alpha value is -1.94. The first kappa shape index (κ1) is 20.8. The SMILES string of the molecule is COc1cc(C=Nc2ccc(C)c(S(=O)(=O)N3CCOCC3)c2)cc(Br)c1O. The van der Waals surface area contributed by atoms with Gasteiger partial charge in [-0.3, -0.25) is 4.99 Å². The van der Waals surface area contributed by atoms with Gasteiger partial charge in [0.05, 0.1) is 35.4 Å². The molecule has 1 saturated heterocycles. The van der Waals surface area contributed by atoms with E-state index in [-0.39, 0.29) is 10.6 Å². The van der Waals surface area contributed by atoms with E-state index in [9.17, 15) is 13.5 Å². The molecule has 3 rings (SSSR count). The smallest absolute Gasteiger partial charge is 0.243 e. The summed E-state index contributed by atoms with van der Waals surface area (Å²) in [5.41, 5.74) is 1.87. The van der Waals surface area contributed by atoms with Gasteiger partial charge in [-0.1, -0.05) is 6.07 Å². The van der Waals surface area contributed by atoms with Crippen LogP contribution >= 0.6 is 15.9 Å². The molecule has 1 N–H and O–H groups in total. The van der Waals surface area contributed by atoms with Crippen molar-refractivity contribution in [2.75, 3.05) is 33.4 Å². The highest BCUT2D eigenvalue weighted by atomic mass is 79.9. The fourth-order valence-corrected chi connectivity index (χ4v) is 4.96. The van der Waals surface area contributed by atoms with Crippen LogP contribution in [0.1, 0.15) is 11.1 Å². The van der Waals surface area contributed by atoms with Gasteiger partial charge >= 0.3 is 0 Å². The van der Waals surface area contributed by atoms with Crippen LogP contribution in [0.2, 0.25) is 0 Å². The summed E-state index contributed by atoms with van der Waals surface area (Å²) in [6.45, 7) is 3.25. The minimum absolute atomic E-state index is 0.00822. The number of halogens is 1. The quantitative estimate of drug-likeness (QED) is 0.680. The number of ether oxygens (including phenoxy) is 2. The van der Waals surface area contributed by atoms with E-state index < -0.39 is 10.0 Å². The maximum Gasteiger partial charge on any atom is 0.243 e. The summed E-state index contributed by atoms with van der Waals surface area (Å²) in [5.74, 6) is 0.323. The molecule has 0 unspecified atom stereocenters. The van der Waals surface area contributed by atoms with Gasteiger partial charge in [-0.2, -0.15) is 4.31 Å². The number of nitrogens with zero attached hydrogens (tertiary/aromatic N) is 2. The highest BCUT2D eigenvalue weighted by Crippen LogP contribution is 2.35. The molecule has 1 aliphatic rings. The molecule has 28 heavy (non-hydrogen) atoms. The van der Waals surface area contributed by atoms with E-state index in [2.05, 4.69) is 20.9 Å². The van der Waals surface area contributed by atoms with E-state index in [0.29, 0.717) is 53.3 Å². The minimum Gasteiger partial charge on any atom is -0.503 e. The van der Waals surface area contributed by atoms with Crippen LogP contribution in [-0.4, -0.2) is 57.5 Å². The number of aliphatic imine (C=N–C) groups is 1. The normalized spacial score (nSPS) is 15.8. The van der Waals surface area contributed by atoms with Crippen LogP contribution in [0.5, 0.6) is 11.5 Å². The standard InChI is InChI=1S/C19H21BrN2O5S/c1-13-3-4-15(11-18(13)28(24,25)22-5-7-27-8-6-22)21-12-14-9-16(20)19(23)17(10-14)26-2/h3-4,9-12,23H,5-8H2,1-2H3. The number of phenolic OH excluding ortho intramolecular Hbond substituents is 1. The van der Waals surface area contributed by atoms with Crippen LogP contribution in [0.25, 0.3) is 0 Å². The maximum absolute atomic E-state index is 13.0. The molecule has 0 aliphatic carbocycles. The zero-order valence-electron chi connectivity index (χ0n) is 15.6.